The standard InChI is InChI=1S/C15H24O4/c1-9-6-12(17)13(18)10(2)15(9)5-4-11(7-15)14(3,19)8-16/h6,10-11,13,16,18-19H,4-5,7-8H2,1-3H3/t10-,11-,13+,14+,15-/m0/s1. The molecule has 0 radical (unpaired) electrons. The maximum absolute atomic E-state index is 11.7. The average Bonchev–Trinajstić information content (AvgIpc) is 2.82. The molecule has 0 aromatic rings. The van der Waals surface area contributed by atoms with Gasteiger partial charge in [0, 0.05) is 0 Å². The third-order valence-electron chi connectivity index (χ3n) is 5.53. The number of aliphatic hydroxyl groups excluding tert-OH is 2. The fourth-order valence-corrected chi connectivity index (χ4v) is 3.86. The van der Waals surface area contributed by atoms with E-state index >= 15 is 0 Å². The van der Waals surface area contributed by atoms with Gasteiger partial charge in [-0.1, -0.05) is 12.5 Å². The number of rotatable bonds is 2. The first kappa shape index (κ1) is 14.7. The quantitative estimate of drug-likeness (QED) is 0.699. The van der Waals surface area contributed by atoms with Gasteiger partial charge in [0.1, 0.15) is 6.10 Å². The van der Waals surface area contributed by atoms with Crippen molar-refractivity contribution in [1.29, 1.82) is 0 Å². The summed E-state index contributed by atoms with van der Waals surface area (Å²) in [4.78, 5) is 11.7. The van der Waals surface area contributed by atoms with E-state index in [-0.39, 0.29) is 29.6 Å². The second-order valence-corrected chi connectivity index (χ2v) is 6.57. The summed E-state index contributed by atoms with van der Waals surface area (Å²) in [5.41, 5.74) is -0.292. The lowest BCUT2D eigenvalue weighted by molar-refractivity contribution is -0.128. The molecule has 4 nitrogen and oxygen atoms in total. The van der Waals surface area contributed by atoms with Crippen molar-refractivity contribution in [3.63, 3.8) is 0 Å². The Morgan fingerprint density at radius 3 is 2.74 bits per heavy atom. The first-order chi connectivity index (χ1) is 8.74. The van der Waals surface area contributed by atoms with E-state index in [1.54, 1.807) is 13.0 Å². The summed E-state index contributed by atoms with van der Waals surface area (Å²) < 4.78 is 0. The third-order valence-corrected chi connectivity index (χ3v) is 5.53. The number of carbonyl (C=O) groups excluding carboxylic acids is 1. The molecule has 2 aliphatic carbocycles. The second kappa shape index (κ2) is 4.69. The van der Waals surface area contributed by atoms with Crippen molar-refractivity contribution >= 4 is 5.78 Å². The van der Waals surface area contributed by atoms with Gasteiger partial charge in [0.2, 0.25) is 0 Å². The van der Waals surface area contributed by atoms with Crippen LogP contribution in [0.25, 0.3) is 0 Å². The molecule has 0 aliphatic heterocycles. The summed E-state index contributed by atoms with van der Waals surface area (Å²) in [5, 5.41) is 29.6. The highest BCUT2D eigenvalue weighted by atomic mass is 16.3. The molecule has 2 aliphatic rings. The van der Waals surface area contributed by atoms with Gasteiger partial charge in [-0.25, -0.2) is 0 Å². The smallest absolute Gasteiger partial charge is 0.184 e. The van der Waals surface area contributed by atoms with Crippen LogP contribution in [0, 0.1) is 17.3 Å². The van der Waals surface area contributed by atoms with Crippen molar-refractivity contribution in [3.8, 4) is 0 Å². The van der Waals surface area contributed by atoms with E-state index in [9.17, 15) is 20.1 Å². The predicted octanol–water partition coefficient (Wildman–Crippen LogP) is 1.04. The molecule has 0 amide bonds. The number of hydrogen-bond donors (Lipinski definition) is 3. The van der Waals surface area contributed by atoms with E-state index in [4.69, 9.17) is 0 Å². The number of aliphatic hydroxyl groups is 3. The molecule has 5 atom stereocenters. The normalized spacial score (nSPS) is 42.3. The fourth-order valence-electron chi connectivity index (χ4n) is 3.86. The lowest BCUT2D eigenvalue weighted by Crippen LogP contribution is -2.45. The van der Waals surface area contributed by atoms with Crippen LogP contribution in [0.3, 0.4) is 0 Å². The van der Waals surface area contributed by atoms with Crippen molar-refractivity contribution in [3.05, 3.63) is 11.6 Å². The minimum atomic E-state index is -1.09. The number of allylic oxidation sites excluding steroid dienone is 1. The molecule has 4 heteroatoms. The van der Waals surface area contributed by atoms with Gasteiger partial charge >= 0.3 is 0 Å². The van der Waals surface area contributed by atoms with Gasteiger partial charge in [-0.2, -0.15) is 0 Å². The van der Waals surface area contributed by atoms with Crippen molar-refractivity contribution in [2.24, 2.45) is 17.3 Å². The molecule has 0 unspecified atom stereocenters. The van der Waals surface area contributed by atoms with Crippen molar-refractivity contribution in [2.75, 3.05) is 6.61 Å². The molecule has 2 rings (SSSR count). The molecular formula is C15H24O4. The molecule has 3 N–H and O–H groups in total. The number of ketones is 1. The van der Waals surface area contributed by atoms with Crippen LogP contribution in [0.5, 0.6) is 0 Å². The Kier molecular flexibility index (Phi) is 3.62. The third kappa shape index (κ3) is 2.16. The van der Waals surface area contributed by atoms with Crippen molar-refractivity contribution in [2.45, 2.75) is 51.7 Å². The van der Waals surface area contributed by atoms with Gasteiger partial charge in [0.25, 0.3) is 0 Å². The van der Waals surface area contributed by atoms with Gasteiger partial charge in [-0.3, -0.25) is 4.79 Å². The highest BCUT2D eigenvalue weighted by molar-refractivity contribution is 5.95. The fraction of sp³-hybridized carbons (Fsp3) is 0.800. The van der Waals surface area contributed by atoms with Crippen LogP contribution in [-0.4, -0.2) is 39.4 Å². The maximum Gasteiger partial charge on any atom is 0.184 e. The van der Waals surface area contributed by atoms with Crippen LogP contribution >= 0.6 is 0 Å². The molecule has 0 bridgehead atoms. The van der Waals surface area contributed by atoms with Gasteiger partial charge < -0.3 is 15.3 Å². The molecule has 1 saturated carbocycles. The highest BCUT2D eigenvalue weighted by Gasteiger charge is 2.53. The largest absolute Gasteiger partial charge is 0.393 e. The van der Waals surface area contributed by atoms with Gasteiger partial charge in [0.15, 0.2) is 5.78 Å². The Labute approximate surface area is 114 Å². The predicted molar refractivity (Wildman–Crippen MR) is 71.4 cm³/mol. The van der Waals surface area contributed by atoms with Gasteiger partial charge in [-0.05, 0) is 56.4 Å². The molecular weight excluding hydrogens is 244 g/mol. The van der Waals surface area contributed by atoms with E-state index < -0.39 is 11.7 Å². The lowest BCUT2D eigenvalue weighted by Gasteiger charge is -2.43. The summed E-state index contributed by atoms with van der Waals surface area (Å²) in [7, 11) is 0. The SMILES string of the molecule is CC1=CC(=O)[C@H](O)[C@H](C)[C@]12CC[C@H]([C@](C)(O)CO)C2. The minimum absolute atomic E-state index is 0.00343. The minimum Gasteiger partial charge on any atom is -0.393 e. The molecule has 0 saturated heterocycles. The van der Waals surface area contributed by atoms with Gasteiger partial charge in [-0.15, -0.1) is 0 Å². The van der Waals surface area contributed by atoms with E-state index in [1.165, 1.54) is 0 Å². The van der Waals surface area contributed by atoms with Crippen LogP contribution in [0.4, 0.5) is 0 Å². The molecule has 1 fully saturated rings. The zero-order valence-electron chi connectivity index (χ0n) is 11.9. The second-order valence-electron chi connectivity index (χ2n) is 6.57. The molecule has 19 heavy (non-hydrogen) atoms. The molecule has 108 valence electrons. The summed E-state index contributed by atoms with van der Waals surface area (Å²) in [5.74, 6) is -0.346. The van der Waals surface area contributed by atoms with Crippen LogP contribution < -0.4 is 0 Å². The van der Waals surface area contributed by atoms with E-state index in [0.29, 0.717) is 6.42 Å². The van der Waals surface area contributed by atoms with Crippen molar-refractivity contribution < 1.29 is 20.1 Å². The number of hydrogen-bond acceptors (Lipinski definition) is 4. The summed E-state index contributed by atoms with van der Waals surface area (Å²) >= 11 is 0. The Morgan fingerprint density at radius 2 is 2.16 bits per heavy atom. The Balaban J connectivity index is 2.30. The highest BCUT2D eigenvalue weighted by Crippen LogP contribution is 2.56. The Morgan fingerprint density at radius 1 is 1.53 bits per heavy atom. The average molecular weight is 268 g/mol. The Bertz CT molecular complexity index is 412. The zero-order chi connectivity index (χ0) is 14.4. The van der Waals surface area contributed by atoms with E-state index in [1.807, 2.05) is 13.8 Å². The summed E-state index contributed by atoms with van der Waals surface area (Å²) in [6.07, 6.45) is 2.99. The molecule has 1 spiro atoms. The topological polar surface area (TPSA) is 77.8 Å². The first-order valence-corrected chi connectivity index (χ1v) is 6.98. The van der Waals surface area contributed by atoms with E-state index in [2.05, 4.69) is 0 Å². The number of carbonyl (C=O) groups is 1. The van der Waals surface area contributed by atoms with Crippen LogP contribution in [0.2, 0.25) is 0 Å². The van der Waals surface area contributed by atoms with E-state index in [0.717, 1.165) is 18.4 Å². The van der Waals surface area contributed by atoms with Crippen LogP contribution in [0.15, 0.2) is 11.6 Å². The monoisotopic (exact) mass is 268 g/mol. The zero-order valence-corrected chi connectivity index (χ0v) is 11.9. The summed E-state index contributed by atoms with van der Waals surface area (Å²) in [6.45, 7) is 5.25. The van der Waals surface area contributed by atoms with Crippen molar-refractivity contribution in [1.82, 2.24) is 0 Å². The maximum atomic E-state index is 11.7. The molecule has 0 heterocycles. The molecule has 0 aromatic carbocycles. The summed E-state index contributed by atoms with van der Waals surface area (Å²) in [6, 6.07) is 0. The Hall–Kier alpha value is -0.710. The first-order valence-electron chi connectivity index (χ1n) is 6.98. The van der Waals surface area contributed by atoms with Crippen LogP contribution in [-0.2, 0) is 4.79 Å². The molecule has 0 aromatic heterocycles. The van der Waals surface area contributed by atoms with Gasteiger partial charge in [0.05, 0.1) is 12.2 Å². The lowest BCUT2D eigenvalue weighted by atomic mass is 9.63. The van der Waals surface area contributed by atoms with Crippen LogP contribution in [0.1, 0.15) is 40.0 Å².